The van der Waals surface area contributed by atoms with Gasteiger partial charge in [-0.15, -0.1) is 0 Å². The van der Waals surface area contributed by atoms with Crippen LogP contribution in [0, 0.1) is 0 Å². The Balaban J connectivity index is 0.000000230. The molecule has 0 radical (unpaired) electrons. The smallest absolute Gasteiger partial charge is 0.151 e. The molecule has 126 valence electrons. The van der Waals surface area contributed by atoms with Crippen LogP contribution in [0.3, 0.4) is 0 Å². The molecule has 0 fully saturated rings. The van der Waals surface area contributed by atoms with Crippen LogP contribution >= 0.6 is 0 Å². The van der Waals surface area contributed by atoms with Gasteiger partial charge in [-0.2, -0.15) is 0 Å². The van der Waals surface area contributed by atoms with Crippen molar-refractivity contribution in [3.63, 3.8) is 0 Å². The highest BCUT2D eigenvalue weighted by atomic mass is 16.4. The van der Waals surface area contributed by atoms with Crippen LogP contribution in [0.15, 0.2) is 42.5 Å². The van der Waals surface area contributed by atoms with Crippen LogP contribution in [0.4, 0.5) is 0 Å². The lowest BCUT2D eigenvalue weighted by atomic mass is 10.0. The fourth-order valence-electron chi connectivity index (χ4n) is 1.83. The van der Waals surface area contributed by atoms with Gasteiger partial charge in [-0.05, 0) is 11.5 Å². The van der Waals surface area contributed by atoms with Crippen LogP contribution in [0.2, 0.25) is 0 Å². The number of hydrogen-bond acceptors (Lipinski definition) is 7. The molecule has 7 nitrogen and oxygen atoms in total. The van der Waals surface area contributed by atoms with Gasteiger partial charge in [0.2, 0.25) is 0 Å². The second-order valence-corrected chi connectivity index (χ2v) is 4.86. The Kier molecular flexibility index (Phi) is 7.60. The van der Waals surface area contributed by atoms with Crippen molar-refractivity contribution in [1.29, 1.82) is 0 Å². The first-order valence-corrected chi connectivity index (χ1v) is 6.87. The summed E-state index contributed by atoms with van der Waals surface area (Å²) in [6.45, 7) is -0.760. The number of phenols is 1. The molecule has 0 aromatic heterocycles. The van der Waals surface area contributed by atoms with Crippen LogP contribution in [0.5, 0.6) is 5.75 Å². The topological polar surface area (TPSA) is 138 Å². The molecule has 0 amide bonds. The number of aromatic hydroxyl groups is 1. The fraction of sp³-hybridized carbons (Fsp3) is 0.312. The maximum absolute atomic E-state index is 9.90. The van der Waals surface area contributed by atoms with Crippen LogP contribution in [-0.4, -0.2) is 67.9 Å². The molecule has 0 aliphatic rings. The Morgan fingerprint density at radius 3 is 2.09 bits per heavy atom. The molecule has 0 spiro atoms. The van der Waals surface area contributed by atoms with Crippen LogP contribution in [0.1, 0.15) is 0 Å². The van der Waals surface area contributed by atoms with Crippen molar-refractivity contribution in [2.24, 2.45) is 0 Å². The lowest BCUT2D eigenvalue weighted by molar-refractivity contribution is -0.136. The van der Waals surface area contributed by atoms with Gasteiger partial charge in [-0.3, -0.25) is 0 Å². The number of hydrogen-bond donors (Lipinski definition) is 6. The number of carbonyl (C=O) groups is 1. The van der Waals surface area contributed by atoms with Crippen molar-refractivity contribution in [3.05, 3.63) is 42.5 Å². The predicted octanol–water partition coefficient (Wildman–Crippen LogP) is -0.833. The average Bonchev–Trinajstić information content (AvgIpc) is 2.60. The van der Waals surface area contributed by atoms with Crippen molar-refractivity contribution in [2.45, 2.75) is 24.4 Å². The standard InChI is InChI=1S/C10H8O.C6H12O6/c11-10-7-3-5-8-4-1-2-6-9(8)10;7-1-3(9)5(11)6(12)4(10)2-8/h1-7,11H;1,3-6,8-12H,2H2/t;3-,4+,5+,6+/m.0/s1. The van der Waals surface area contributed by atoms with E-state index < -0.39 is 31.0 Å². The maximum atomic E-state index is 9.90. The molecule has 0 aliphatic carbocycles. The number of benzene rings is 2. The van der Waals surface area contributed by atoms with Gasteiger partial charge in [0.05, 0.1) is 6.61 Å². The number of rotatable bonds is 5. The number of aliphatic hydroxyl groups excluding tert-OH is 5. The zero-order valence-corrected chi connectivity index (χ0v) is 12.2. The van der Waals surface area contributed by atoms with Gasteiger partial charge in [0, 0.05) is 5.39 Å². The first kappa shape index (κ1) is 19.0. The number of phenolic OH excluding ortho intramolecular Hbond substituents is 1. The number of carbonyl (C=O) groups excluding carboxylic acids is 1. The van der Waals surface area contributed by atoms with E-state index in [-0.39, 0.29) is 6.29 Å². The zero-order valence-electron chi connectivity index (χ0n) is 12.2. The molecule has 0 aliphatic heterocycles. The SMILES string of the molecule is O=C[C@H](O)[C@@H](O)[C@H](O)[C@H](O)CO.Oc1cccc2ccccc12. The van der Waals surface area contributed by atoms with Gasteiger partial charge >= 0.3 is 0 Å². The molecule has 23 heavy (non-hydrogen) atoms. The van der Waals surface area contributed by atoms with E-state index in [2.05, 4.69) is 0 Å². The lowest BCUT2D eigenvalue weighted by Crippen LogP contribution is -2.46. The third-order valence-corrected chi connectivity index (χ3v) is 3.19. The highest BCUT2D eigenvalue weighted by Crippen LogP contribution is 2.22. The van der Waals surface area contributed by atoms with Crippen molar-refractivity contribution < 1.29 is 35.4 Å². The molecule has 7 heteroatoms. The van der Waals surface area contributed by atoms with Gasteiger partial charge in [0.1, 0.15) is 30.2 Å². The Morgan fingerprint density at radius 1 is 0.913 bits per heavy atom. The molecule has 6 N–H and O–H groups in total. The molecule has 2 aromatic rings. The van der Waals surface area contributed by atoms with E-state index in [0.29, 0.717) is 5.75 Å². The maximum Gasteiger partial charge on any atom is 0.151 e. The summed E-state index contributed by atoms with van der Waals surface area (Å²) >= 11 is 0. The minimum atomic E-state index is -1.79. The van der Waals surface area contributed by atoms with Gasteiger partial charge < -0.3 is 35.4 Å². The van der Waals surface area contributed by atoms with Crippen molar-refractivity contribution in [1.82, 2.24) is 0 Å². The molecular formula is C16H20O7. The Morgan fingerprint density at radius 2 is 1.52 bits per heavy atom. The van der Waals surface area contributed by atoms with Crippen molar-refractivity contribution in [3.8, 4) is 5.75 Å². The van der Waals surface area contributed by atoms with Crippen molar-refractivity contribution >= 4 is 17.1 Å². The average molecular weight is 324 g/mol. The summed E-state index contributed by atoms with van der Waals surface area (Å²) in [6, 6.07) is 13.3. The van der Waals surface area contributed by atoms with E-state index in [0.717, 1.165) is 10.8 Å². The van der Waals surface area contributed by atoms with Crippen LogP contribution in [-0.2, 0) is 4.79 Å². The monoisotopic (exact) mass is 324 g/mol. The summed E-state index contributed by atoms with van der Waals surface area (Å²) in [5.41, 5.74) is 0. The van der Waals surface area contributed by atoms with Crippen LogP contribution < -0.4 is 0 Å². The first-order chi connectivity index (χ1) is 10.9. The minimum Gasteiger partial charge on any atom is -0.507 e. The molecule has 4 atom stereocenters. The van der Waals surface area contributed by atoms with Gasteiger partial charge in [-0.1, -0.05) is 36.4 Å². The second-order valence-electron chi connectivity index (χ2n) is 4.86. The fourth-order valence-corrected chi connectivity index (χ4v) is 1.83. The van der Waals surface area contributed by atoms with Crippen molar-refractivity contribution in [2.75, 3.05) is 6.61 Å². The van der Waals surface area contributed by atoms with Gasteiger partial charge in [-0.25, -0.2) is 0 Å². The Bertz CT molecular complexity index is 611. The molecule has 2 rings (SSSR count). The lowest BCUT2D eigenvalue weighted by Gasteiger charge is -2.22. The van der Waals surface area contributed by atoms with Gasteiger partial charge in [0.15, 0.2) is 6.29 Å². The molecular weight excluding hydrogens is 304 g/mol. The number of aliphatic hydroxyl groups is 5. The Labute approximate surface area is 132 Å². The summed E-state index contributed by atoms with van der Waals surface area (Å²) in [5, 5.41) is 54.9. The summed E-state index contributed by atoms with van der Waals surface area (Å²) < 4.78 is 0. The van der Waals surface area contributed by atoms with E-state index >= 15 is 0 Å². The van der Waals surface area contributed by atoms with E-state index in [1.54, 1.807) is 6.07 Å². The first-order valence-electron chi connectivity index (χ1n) is 6.87. The molecule has 0 heterocycles. The Hall–Kier alpha value is -2.03. The minimum absolute atomic E-state index is 0.0258. The molecule has 0 saturated heterocycles. The van der Waals surface area contributed by atoms with E-state index in [1.807, 2.05) is 36.4 Å². The van der Waals surface area contributed by atoms with E-state index in [9.17, 15) is 9.90 Å². The molecule has 0 bridgehead atoms. The zero-order chi connectivity index (χ0) is 17.4. The largest absolute Gasteiger partial charge is 0.507 e. The quantitative estimate of drug-likeness (QED) is 0.395. The number of aldehydes is 1. The molecule has 2 aromatic carbocycles. The summed E-state index contributed by atoms with van der Waals surface area (Å²) in [5.74, 6) is 0.350. The normalized spacial score (nSPS) is 15.9. The summed E-state index contributed by atoms with van der Waals surface area (Å²) in [6.07, 6.45) is -6.84. The van der Waals surface area contributed by atoms with E-state index in [4.69, 9.17) is 25.5 Å². The number of fused-ring (bicyclic) bond motifs is 1. The van der Waals surface area contributed by atoms with Gasteiger partial charge in [0.25, 0.3) is 0 Å². The summed E-state index contributed by atoms with van der Waals surface area (Å²) in [7, 11) is 0. The third-order valence-electron chi connectivity index (χ3n) is 3.19. The van der Waals surface area contributed by atoms with E-state index in [1.165, 1.54) is 0 Å². The summed E-state index contributed by atoms with van der Waals surface area (Å²) in [4.78, 5) is 9.90. The second kappa shape index (κ2) is 9.19. The molecule has 0 saturated carbocycles. The highest BCUT2D eigenvalue weighted by molar-refractivity contribution is 5.87. The van der Waals surface area contributed by atoms with Crippen LogP contribution in [0.25, 0.3) is 10.8 Å². The molecule has 0 unspecified atom stereocenters. The third kappa shape index (κ3) is 5.27. The predicted molar refractivity (Wildman–Crippen MR) is 82.8 cm³/mol. The highest BCUT2D eigenvalue weighted by Gasteiger charge is 2.29.